The third-order valence-corrected chi connectivity index (χ3v) is 4.63. The van der Waals surface area contributed by atoms with Crippen molar-refractivity contribution in [2.45, 2.75) is 32.1 Å². The van der Waals surface area contributed by atoms with Gasteiger partial charge in [0.15, 0.2) is 5.58 Å². The fraction of sp³-hybridized carbons (Fsp3) is 0.529. The van der Waals surface area contributed by atoms with Crippen molar-refractivity contribution in [3.05, 3.63) is 28.7 Å². The SMILES string of the molecule is CN(C)CCn1c(=O)oc2ccc(NC(=O)CSC(C)(C)C)cc21. The molecule has 2 rings (SSSR count). The second-order valence-corrected chi connectivity index (χ2v) is 8.76. The van der Waals surface area contributed by atoms with Gasteiger partial charge < -0.3 is 14.6 Å². The van der Waals surface area contributed by atoms with Crippen molar-refractivity contribution >= 4 is 34.5 Å². The Labute approximate surface area is 146 Å². The molecule has 0 aliphatic heterocycles. The number of benzene rings is 1. The summed E-state index contributed by atoms with van der Waals surface area (Å²) in [4.78, 5) is 26.1. The fourth-order valence-corrected chi connectivity index (χ4v) is 2.77. The van der Waals surface area contributed by atoms with E-state index in [9.17, 15) is 9.59 Å². The highest BCUT2D eigenvalue weighted by Gasteiger charge is 2.14. The van der Waals surface area contributed by atoms with Gasteiger partial charge in [0.1, 0.15) is 0 Å². The first-order valence-electron chi connectivity index (χ1n) is 7.87. The lowest BCUT2D eigenvalue weighted by Gasteiger charge is -2.17. The van der Waals surface area contributed by atoms with Gasteiger partial charge in [0.05, 0.1) is 11.3 Å². The van der Waals surface area contributed by atoms with E-state index in [2.05, 4.69) is 26.1 Å². The number of fused-ring (bicyclic) bond motifs is 1. The van der Waals surface area contributed by atoms with Gasteiger partial charge >= 0.3 is 5.76 Å². The molecule has 0 radical (unpaired) electrons. The third kappa shape index (κ3) is 5.14. The molecule has 0 aliphatic carbocycles. The highest BCUT2D eigenvalue weighted by Crippen LogP contribution is 2.23. The van der Waals surface area contributed by atoms with Gasteiger partial charge in [0.25, 0.3) is 0 Å². The average molecular weight is 351 g/mol. The van der Waals surface area contributed by atoms with Crippen LogP contribution >= 0.6 is 11.8 Å². The number of likely N-dealkylation sites (N-methyl/N-ethyl adjacent to an activating group) is 1. The number of carbonyl (C=O) groups excluding carboxylic acids is 1. The van der Waals surface area contributed by atoms with Crippen LogP contribution in [0.3, 0.4) is 0 Å². The lowest BCUT2D eigenvalue weighted by atomic mass is 10.2. The Balaban J connectivity index is 2.16. The van der Waals surface area contributed by atoms with Gasteiger partial charge in [-0.1, -0.05) is 20.8 Å². The zero-order valence-corrected chi connectivity index (χ0v) is 15.7. The van der Waals surface area contributed by atoms with Crippen molar-refractivity contribution in [2.24, 2.45) is 0 Å². The highest BCUT2D eigenvalue weighted by atomic mass is 32.2. The number of carbonyl (C=O) groups is 1. The predicted octanol–water partition coefficient (Wildman–Crippen LogP) is 2.63. The molecule has 0 fully saturated rings. The number of nitrogens with one attached hydrogen (secondary N) is 1. The number of amides is 1. The molecule has 1 aromatic heterocycles. The Morgan fingerprint density at radius 3 is 2.67 bits per heavy atom. The Morgan fingerprint density at radius 2 is 2.04 bits per heavy atom. The van der Waals surface area contributed by atoms with E-state index in [1.54, 1.807) is 34.5 Å². The van der Waals surface area contributed by atoms with Gasteiger partial charge in [-0.15, -0.1) is 11.8 Å². The summed E-state index contributed by atoms with van der Waals surface area (Å²) in [6.07, 6.45) is 0. The summed E-state index contributed by atoms with van der Waals surface area (Å²) in [5.74, 6) is -0.0426. The number of anilines is 1. The lowest BCUT2D eigenvalue weighted by Crippen LogP contribution is -2.23. The Kier molecular flexibility index (Phi) is 5.77. The van der Waals surface area contributed by atoms with E-state index in [0.717, 1.165) is 6.54 Å². The van der Waals surface area contributed by atoms with E-state index in [1.165, 1.54) is 0 Å². The van der Waals surface area contributed by atoms with E-state index < -0.39 is 0 Å². The molecule has 0 saturated carbocycles. The second kappa shape index (κ2) is 7.44. The molecule has 1 N–H and O–H groups in total. The first kappa shape index (κ1) is 18.6. The maximum Gasteiger partial charge on any atom is 0.419 e. The fourth-order valence-electron chi connectivity index (χ4n) is 2.13. The van der Waals surface area contributed by atoms with Crippen LogP contribution in [0, 0.1) is 0 Å². The zero-order chi connectivity index (χ0) is 17.9. The maximum absolute atomic E-state index is 12.1. The predicted molar refractivity (Wildman–Crippen MR) is 99.9 cm³/mol. The van der Waals surface area contributed by atoms with Gasteiger partial charge in [-0.3, -0.25) is 9.36 Å². The molecule has 0 unspecified atom stereocenters. The quantitative estimate of drug-likeness (QED) is 0.866. The summed E-state index contributed by atoms with van der Waals surface area (Å²) in [7, 11) is 3.90. The first-order chi connectivity index (χ1) is 11.2. The van der Waals surface area contributed by atoms with Crippen LogP contribution in [0.15, 0.2) is 27.4 Å². The molecule has 6 nitrogen and oxygen atoms in total. The van der Waals surface area contributed by atoms with Crippen LogP contribution in [0.4, 0.5) is 5.69 Å². The number of aromatic nitrogens is 1. The second-order valence-electron chi connectivity index (χ2n) is 6.95. The molecule has 0 atom stereocenters. The largest absolute Gasteiger partial charge is 0.419 e. The Morgan fingerprint density at radius 1 is 1.33 bits per heavy atom. The van der Waals surface area contributed by atoms with Crippen molar-refractivity contribution in [3.8, 4) is 0 Å². The highest BCUT2D eigenvalue weighted by molar-refractivity contribution is 8.01. The molecular formula is C17H25N3O3S. The van der Waals surface area contributed by atoms with Crippen LogP contribution in [-0.4, -0.2) is 46.5 Å². The van der Waals surface area contributed by atoms with E-state index >= 15 is 0 Å². The van der Waals surface area contributed by atoms with Crippen LogP contribution in [-0.2, 0) is 11.3 Å². The van der Waals surface area contributed by atoms with E-state index in [0.29, 0.717) is 29.1 Å². The molecule has 24 heavy (non-hydrogen) atoms. The summed E-state index contributed by atoms with van der Waals surface area (Å²) in [5, 5.41) is 2.88. The topological polar surface area (TPSA) is 67.5 Å². The van der Waals surface area contributed by atoms with E-state index in [1.807, 2.05) is 19.0 Å². The molecule has 7 heteroatoms. The first-order valence-corrected chi connectivity index (χ1v) is 8.86. The minimum atomic E-state index is -0.376. The summed E-state index contributed by atoms with van der Waals surface area (Å²) in [5.41, 5.74) is 1.89. The van der Waals surface area contributed by atoms with E-state index in [-0.39, 0.29) is 16.4 Å². The van der Waals surface area contributed by atoms with Gasteiger partial charge in [0, 0.05) is 23.5 Å². The van der Waals surface area contributed by atoms with E-state index in [4.69, 9.17) is 4.42 Å². The third-order valence-electron chi connectivity index (χ3n) is 3.36. The molecule has 132 valence electrons. The molecule has 0 aliphatic rings. The molecule has 2 aromatic rings. The summed E-state index contributed by atoms with van der Waals surface area (Å²) in [6.45, 7) is 7.49. The van der Waals surface area contributed by atoms with Crippen LogP contribution in [0.25, 0.3) is 11.1 Å². The van der Waals surface area contributed by atoms with Crippen molar-refractivity contribution < 1.29 is 9.21 Å². The van der Waals surface area contributed by atoms with Crippen molar-refractivity contribution in [3.63, 3.8) is 0 Å². The number of thioether (sulfide) groups is 1. The van der Waals surface area contributed by atoms with Crippen molar-refractivity contribution in [1.82, 2.24) is 9.47 Å². The average Bonchev–Trinajstić information content (AvgIpc) is 2.77. The minimum Gasteiger partial charge on any atom is -0.408 e. The Hall–Kier alpha value is -1.73. The summed E-state index contributed by atoms with van der Waals surface area (Å²) in [6, 6.07) is 5.26. The van der Waals surface area contributed by atoms with Crippen LogP contribution in [0.1, 0.15) is 20.8 Å². The van der Waals surface area contributed by atoms with Crippen molar-refractivity contribution in [2.75, 3.05) is 31.7 Å². The van der Waals surface area contributed by atoms with Gasteiger partial charge in [-0.05, 0) is 32.3 Å². The van der Waals surface area contributed by atoms with Gasteiger partial charge in [-0.2, -0.15) is 0 Å². The van der Waals surface area contributed by atoms with Gasteiger partial charge in [0.2, 0.25) is 5.91 Å². The Bertz CT molecular complexity index is 771. The molecule has 0 saturated heterocycles. The number of hydrogen-bond donors (Lipinski definition) is 1. The maximum atomic E-state index is 12.1. The minimum absolute atomic E-state index is 0.0402. The van der Waals surface area contributed by atoms with Crippen LogP contribution in [0.2, 0.25) is 0 Å². The molecule has 1 amide bonds. The number of oxazole rings is 1. The summed E-state index contributed by atoms with van der Waals surface area (Å²) < 4.78 is 6.89. The monoisotopic (exact) mass is 351 g/mol. The number of hydrogen-bond acceptors (Lipinski definition) is 5. The normalized spacial score (nSPS) is 12.1. The standard InChI is InChI=1S/C17H25N3O3S/c1-17(2,3)24-11-15(21)18-12-6-7-14-13(10-12)20(16(22)23-14)9-8-19(4)5/h6-7,10H,8-9,11H2,1-5H3,(H,18,21). The molecular weight excluding hydrogens is 326 g/mol. The van der Waals surface area contributed by atoms with Crippen molar-refractivity contribution in [1.29, 1.82) is 0 Å². The zero-order valence-electron chi connectivity index (χ0n) is 14.9. The summed E-state index contributed by atoms with van der Waals surface area (Å²) >= 11 is 1.59. The lowest BCUT2D eigenvalue weighted by molar-refractivity contribution is -0.113. The molecule has 1 aromatic carbocycles. The van der Waals surface area contributed by atoms with Crippen LogP contribution < -0.4 is 11.1 Å². The number of rotatable bonds is 6. The molecule has 0 bridgehead atoms. The molecule has 0 spiro atoms. The number of nitrogens with zero attached hydrogens (tertiary/aromatic N) is 2. The smallest absolute Gasteiger partial charge is 0.408 e. The molecule has 1 heterocycles. The van der Waals surface area contributed by atoms with Crippen LogP contribution in [0.5, 0.6) is 0 Å². The van der Waals surface area contributed by atoms with Gasteiger partial charge in [-0.25, -0.2) is 4.79 Å².